The SMILES string of the molecule is Cc1cccc(N(C)C(CN)c2c(F)cccc2Cl)c1. The van der Waals surface area contributed by atoms with Gasteiger partial charge in [-0.1, -0.05) is 29.8 Å². The first-order chi connectivity index (χ1) is 9.54. The summed E-state index contributed by atoms with van der Waals surface area (Å²) in [5, 5.41) is 0.403. The Kier molecular flexibility index (Phi) is 4.63. The van der Waals surface area contributed by atoms with Crippen molar-refractivity contribution in [2.45, 2.75) is 13.0 Å². The van der Waals surface area contributed by atoms with Gasteiger partial charge in [0, 0.05) is 29.9 Å². The van der Waals surface area contributed by atoms with E-state index in [1.54, 1.807) is 12.1 Å². The zero-order valence-electron chi connectivity index (χ0n) is 11.6. The lowest BCUT2D eigenvalue weighted by molar-refractivity contribution is 0.573. The highest BCUT2D eigenvalue weighted by Crippen LogP contribution is 2.31. The fourth-order valence-electron chi connectivity index (χ4n) is 2.33. The highest BCUT2D eigenvalue weighted by atomic mass is 35.5. The van der Waals surface area contributed by atoms with Crippen molar-refractivity contribution in [3.05, 3.63) is 64.4 Å². The minimum atomic E-state index is -0.326. The number of nitrogens with two attached hydrogens (primary N) is 1. The van der Waals surface area contributed by atoms with E-state index in [-0.39, 0.29) is 18.4 Å². The average molecular weight is 293 g/mol. The van der Waals surface area contributed by atoms with E-state index in [2.05, 4.69) is 0 Å². The van der Waals surface area contributed by atoms with Crippen molar-refractivity contribution in [3.63, 3.8) is 0 Å². The van der Waals surface area contributed by atoms with E-state index in [0.29, 0.717) is 10.6 Å². The summed E-state index contributed by atoms with van der Waals surface area (Å²) in [6, 6.07) is 12.4. The van der Waals surface area contributed by atoms with Gasteiger partial charge in [0.1, 0.15) is 5.82 Å². The molecule has 2 rings (SSSR count). The molecular formula is C16H18ClFN2. The monoisotopic (exact) mass is 292 g/mol. The van der Waals surface area contributed by atoms with Gasteiger partial charge in [-0.05, 0) is 36.8 Å². The van der Waals surface area contributed by atoms with Crippen molar-refractivity contribution in [1.29, 1.82) is 0 Å². The van der Waals surface area contributed by atoms with Gasteiger partial charge >= 0.3 is 0 Å². The first kappa shape index (κ1) is 14.8. The Morgan fingerprint density at radius 3 is 2.55 bits per heavy atom. The molecule has 2 aromatic rings. The van der Waals surface area contributed by atoms with Gasteiger partial charge in [0.2, 0.25) is 0 Å². The molecule has 20 heavy (non-hydrogen) atoms. The van der Waals surface area contributed by atoms with Crippen LogP contribution in [0, 0.1) is 12.7 Å². The normalized spacial score (nSPS) is 12.2. The fraction of sp³-hybridized carbons (Fsp3) is 0.250. The molecule has 4 heteroatoms. The van der Waals surface area contributed by atoms with Crippen molar-refractivity contribution in [1.82, 2.24) is 0 Å². The number of hydrogen-bond acceptors (Lipinski definition) is 2. The molecule has 1 atom stereocenters. The molecule has 0 bridgehead atoms. The second-order valence-electron chi connectivity index (χ2n) is 4.84. The standard InChI is InChI=1S/C16H18ClFN2/c1-11-5-3-6-12(9-11)20(2)15(10-19)16-13(17)7-4-8-14(16)18/h3-9,15H,10,19H2,1-2H3. The summed E-state index contributed by atoms with van der Waals surface area (Å²) >= 11 is 6.14. The minimum absolute atomic E-state index is 0.283. The lowest BCUT2D eigenvalue weighted by atomic mass is 10.0. The summed E-state index contributed by atoms with van der Waals surface area (Å²) in [7, 11) is 1.90. The first-order valence-corrected chi connectivity index (χ1v) is 6.86. The van der Waals surface area contributed by atoms with Crippen molar-refractivity contribution < 1.29 is 4.39 Å². The molecule has 0 aromatic heterocycles. The maximum atomic E-state index is 14.1. The highest BCUT2D eigenvalue weighted by molar-refractivity contribution is 6.31. The summed E-state index contributed by atoms with van der Waals surface area (Å²) in [6.45, 7) is 2.30. The molecule has 2 nitrogen and oxygen atoms in total. The van der Waals surface area contributed by atoms with Crippen LogP contribution < -0.4 is 10.6 Å². The Balaban J connectivity index is 2.42. The molecule has 0 aliphatic carbocycles. The first-order valence-electron chi connectivity index (χ1n) is 6.48. The number of likely N-dealkylation sites (N-methyl/N-ethyl adjacent to an activating group) is 1. The van der Waals surface area contributed by atoms with Gasteiger partial charge in [-0.3, -0.25) is 0 Å². The van der Waals surface area contributed by atoms with Crippen LogP contribution in [0.5, 0.6) is 0 Å². The Morgan fingerprint density at radius 2 is 1.95 bits per heavy atom. The molecular weight excluding hydrogens is 275 g/mol. The van der Waals surface area contributed by atoms with Gasteiger partial charge in [0.05, 0.1) is 6.04 Å². The van der Waals surface area contributed by atoms with E-state index < -0.39 is 0 Å². The molecule has 0 saturated heterocycles. The maximum absolute atomic E-state index is 14.1. The third-order valence-electron chi connectivity index (χ3n) is 3.43. The van der Waals surface area contributed by atoms with Crippen molar-refractivity contribution in [2.75, 3.05) is 18.5 Å². The van der Waals surface area contributed by atoms with Gasteiger partial charge in [0.15, 0.2) is 0 Å². The number of benzene rings is 2. The number of halogens is 2. The zero-order valence-corrected chi connectivity index (χ0v) is 12.4. The molecule has 0 aliphatic heterocycles. The predicted octanol–water partition coefficient (Wildman–Crippen LogP) is 3.92. The largest absolute Gasteiger partial charge is 0.366 e. The summed E-state index contributed by atoms with van der Waals surface area (Å²) in [5.74, 6) is -0.326. The van der Waals surface area contributed by atoms with Crippen LogP contribution in [-0.4, -0.2) is 13.6 Å². The summed E-state index contributed by atoms with van der Waals surface area (Å²) in [6.07, 6.45) is 0. The molecule has 0 spiro atoms. The van der Waals surface area contributed by atoms with E-state index in [1.165, 1.54) is 6.07 Å². The van der Waals surface area contributed by atoms with Crippen LogP contribution >= 0.6 is 11.6 Å². The van der Waals surface area contributed by atoms with Crippen LogP contribution in [0.25, 0.3) is 0 Å². The van der Waals surface area contributed by atoms with Crippen molar-refractivity contribution in [2.24, 2.45) is 5.73 Å². The highest BCUT2D eigenvalue weighted by Gasteiger charge is 2.22. The van der Waals surface area contributed by atoms with Gasteiger partial charge in [-0.15, -0.1) is 0 Å². The lowest BCUT2D eigenvalue weighted by Crippen LogP contribution is -2.31. The fourth-order valence-corrected chi connectivity index (χ4v) is 2.61. The molecule has 2 N–H and O–H groups in total. The minimum Gasteiger partial charge on any atom is -0.366 e. The van der Waals surface area contributed by atoms with E-state index in [9.17, 15) is 4.39 Å². The van der Waals surface area contributed by atoms with Crippen LogP contribution in [-0.2, 0) is 0 Å². The second-order valence-corrected chi connectivity index (χ2v) is 5.24. The average Bonchev–Trinajstić information content (AvgIpc) is 2.42. The molecule has 1 unspecified atom stereocenters. The second kappa shape index (κ2) is 6.25. The van der Waals surface area contributed by atoms with Crippen LogP contribution in [0.4, 0.5) is 10.1 Å². The van der Waals surface area contributed by atoms with Crippen molar-refractivity contribution >= 4 is 17.3 Å². The summed E-state index contributed by atoms with van der Waals surface area (Å²) in [5.41, 5.74) is 8.43. The molecule has 0 radical (unpaired) electrons. The molecule has 0 saturated carbocycles. The maximum Gasteiger partial charge on any atom is 0.130 e. The Hall–Kier alpha value is -1.58. The van der Waals surface area contributed by atoms with Crippen LogP contribution in [0.1, 0.15) is 17.2 Å². The van der Waals surface area contributed by atoms with E-state index in [1.807, 2.05) is 43.1 Å². The van der Waals surface area contributed by atoms with Crippen LogP contribution in [0.3, 0.4) is 0 Å². The predicted molar refractivity (Wildman–Crippen MR) is 82.8 cm³/mol. The number of hydrogen-bond donors (Lipinski definition) is 1. The Labute approximate surface area is 124 Å². The zero-order chi connectivity index (χ0) is 14.7. The quantitative estimate of drug-likeness (QED) is 0.925. The molecule has 0 amide bonds. The molecule has 0 aliphatic rings. The van der Waals surface area contributed by atoms with Crippen LogP contribution in [0.15, 0.2) is 42.5 Å². The third kappa shape index (κ3) is 2.94. The van der Waals surface area contributed by atoms with E-state index >= 15 is 0 Å². The van der Waals surface area contributed by atoms with Gasteiger partial charge in [0.25, 0.3) is 0 Å². The Morgan fingerprint density at radius 1 is 1.25 bits per heavy atom. The topological polar surface area (TPSA) is 29.3 Å². The molecule has 106 valence electrons. The lowest BCUT2D eigenvalue weighted by Gasteiger charge is -2.30. The number of nitrogens with zero attached hydrogens (tertiary/aromatic N) is 1. The van der Waals surface area contributed by atoms with Gasteiger partial charge in [-0.25, -0.2) is 4.39 Å². The molecule has 0 fully saturated rings. The summed E-state index contributed by atoms with van der Waals surface area (Å²) < 4.78 is 14.1. The van der Waals surface area contributed by atoms with E-state index in [0.717, 1.165) is 11.3 Å². The summed E-state index contributed by atoms with van der Waals surface area (Å²) in [4.78, 5) is 1.96. The van der Waals surface area contributed by atoms with E-state index in [4.69, 9.17) is 17.3 Å². The van der Waals surface area contributed by atoms with Crippen LogP contribution in [0.2, 0.25) is 5.02 Å². The van der Waals surface area contributed by atoms with Gasteiger partial charge < -0.3 is 10.6 Å². The third-order valence-corrected chi connectivity index (χ3v) is 3.76. The molecule has 0 heterocycles. The van der Waals surface area contributed by atoms with Gasteiger partial charge in [-0.2, -0.15) is 0 Å². The Bertz CT molecular complexity index is 581. The number of aryl methyl sites for hydroxylation is 1. The number of anilines is 1. The molecule has 2 aromatic carbocycles. The smallest absolute Gasteiger partial charge is 0.130 e. The number of rotatable bonds is 4. The van der Waals surface area contributed by atoms with Crippen molar-refractivity contribution in [3.8, 4) is 0 Å².